The molecular formula is C8H6ClF5N2O3S. The minimum atomic E-state index is -5.30. The Morgan fingerprint density at radius 3 is 2.30 bits per heavy atom. The summed E-state index contributed by atoms with van der Waals surface area (Å²) in [5.74, 6) is -2.09. The fraction of sp³-hybridized carbons (Fsp3) is 0.375. The van der Waals surface area contributed by atoms with Crippen LogP contribution in [0.3, 0.4) is 0 Å². The molecule has 0 unspecified atom stereocenters. The number of primary sulfonamides is 1. The Balaban J connectivity index is 3.55. The van der Waals surface area contributed by atoms with Crippen LogP contribution < -0.4 is 9.88 Å². The summed E-state index contributed by atoms with van der Waals surface area (Å²) in [6.45, 7) is 0. The van der Waals surface area contributed by atoms with Crippen LogP contribution in [0.2, 0.25) is 0 Å². The molecule has 0 bridgehead atoms. The van der Waals surface area contributed by atoms with E-state index in [1.165, 1.54) is 0 Å². The van der Waals surface area contributed by atoms with Crippen molar-refractivity contribution >= 4 is 21.6 Å². The summed E-state index contributed by atoms with van der Waals surface area (Å²) in [5, 5.41) is 4.74. The molecule has 0 spiro atoms. The third kappa shape index (κ3) is 4.15. The number of sulfonamides is 1. The molecule has 0 amide bonds. The van der Waals surface area contributed by atoms with Gasteiger partial charge in [-0.1, -0.05) is 0 Å². The number of nitrogens with two attached hydrogens (primary N) is 1. The van der Waals surface area contributed by atoms with Gasteiger partial charge in [0.2, 0.25) is 10.0 Å². The minimum Gasteiger partial charge on any atom is -0.404 e. The van der Waals surface area contributed by atoms with Crippen molar-refractivity contribution in [3.8, 4) is 5.75 Å². The van der Waals surface area contributed by atoms with Gasteiger partial charge in [-0.15, -0.1) is 24.8 Å². The molecule has 20 heavy (non-hydrogen) atoms. The van der Waals surface area contributed by atoms with Gasteiger partial charge in [-0.05, 0) is 0 Å². The third-order valence-electron chi connectivity index (χ3n) is 1.92. The molecule has 1 aromatic rings. The largest absolute Gasteiger partial charge is 0.573 e. The van der Waals surface area contributed by atoms with Gasteiger partial charge in [-0.2, -0.15) is 0 Å². The SMILES string of the molecule is NS(=O)(=O)c1cc(OC(F)(F)F)c(C(F)F)nc1CCl. The molecule has 1 rings (SSSR count). The monoisotopic (exact) mass is 340 g/mol. The van der Waals surface area contributed by atoms with Crippen molar-refractivity contribution < 1.29 is 35.1 Å². The summed E-state index contributed by atoms with van der Waals surface area (Å²) in [6.07, 6.45) is -8.73. The average molecular weight is 341 g/mol. The molecular weight excluding hydrogens is 335 g/mol. The number of hydrogen-bond acceptors (Lipinski definition) is 4. The number of nitrogens with zero attached hydrogens (tertiary/aromatic N) is 1. The van der Waals surface area contributed by atoms with E-state index in [4.69, 9.17) is 16.7 Å². The second-order valence-corrected chi connectivity index (χ2v) is 5.14. The Labute approximate surface area is 114 Å². The Morgan fingerprint density at radius 2 is 1.95 bits per heavy atom. The summed E-state index contributed by atoms with van der Waals surface area (Å²) >= 11 is 5.31. The molecule has 0 atom stereocenters. The fourth-order valence-electron chi connectivity index (χ4n) is 1.24. The molecule has 0 aromatic carbocycles. The fourth-order valence-corrected chi connectivity index (χ4v) is 2.24. The maximum atomic E-state index is 12.6. The van der Waals surface area contributed by atoms with Gasteiger partial charge in [-0.25, -0.2) is 27.3 Å². The minimum absolute atomic E-state index is 0.217. The zero-order valence-corrected chi connectivity index (χ0v) is 10.9. The molecule has 2 N–H and O–H groups in total. The second-order valence-electron chi connectivity index (χ2n) is 3.34. The number of hydrogen-bond donors (Lipinski definition) is 1. The quantitative estimate of drug-likeness (QED) is 0.673. The number of ether oxygens (including phenoxy) is 1. The van der Waals surface area contributed by atoms with Crippen LogP contribution in [0.5, 0.6) is 5.75 Å². The zero-order chi connectivity index (χ0) is 15.7. The van der Waals surface area contributed by atoms with Crippen LogP contribution in [-0.2, 0) is 15.9 Å². The molecule has 0 saturated heterocycles. The van der Waals surface area contributed by atoms with E-state index in [2.05, 4.69) is 9.72 Å². The van der Waals surface area contributed by atoms with Crippen molar-refractivity contribution in [3.05, 3.63) is 17.5 Å². The molecule has 0 aliphatic carbocycles. The Bertz CT molecular complexity index is 605. The topological polar surface area (TPSA) is 82.3 Å². The number of halogens is 6. The van der Waals surface area contributed by atoms with Crippen molar-refractivity contribution in [2.24, 2.45) is 5.14 Å². The van der Waals surface area contributed by atoms with Crippen LogP contribution in [0.25, 0.3) is 0 Å². The van der Waals surface area contributed by atoms with E-state index in [0.717, 1.165) is 0 Å². The van der Waals surface area contributed by atoms with Gasteiger partial charge in [0.15, 0.2) is 5.75 Å². The highest BCUT2D eigenvalue weighted by molar-refractivity contribution is 7.89. The molecule has 1 heterocycles. The maximum Gasteiger partial charge on any atom is 0.573 e. The molecule has 0 radical (unpaired) electrons. The van der Waals surface area contributed by atoms with E-state index in [1.54, 1.807) is 0 Å². The average Bonchev–Trinajstić information content (AvgIpc) is 2.24. The summed E-state index contributed by atoms with van der Waals surface area (Å²) in [5.41, 5.74) is -1.98. The number of alkyl halides is 6. The predicted octanol–water partition coefficient (Wildman–Crippen LogP) is 2.30. The van der Waals surface area contributed by atoms with Crippen LogP contribution in [0.1, 0.15) is 17.8 Å². The number of pyridine rings is 1. The lowest BCUT2D eigenvalue weighted by Gasteiger charge is -2.15. The molecule has 0 aliphatic heterocycles. The standard InChI is InChI=1S/C8H6ClF5N2O3S/c9-2-3-5(20(15,17)18)1-4(19-8(12,13)14)6(16-3)7(10)11/h1,7H,2H2,(H2,15,17,18). The highest BCUT2D eigenvalue weighted by Crippen LogP contribution is 2.34. The molecule has 0 aliphatic rings. The van der Waals surface area contributed by atoms with Gasteiger partial charge >= 0.3 is 6.36 Å². The Kier molecular flexibility index (Phi) is 4.77. The number of aromatic nitrogens is 1. The van der Waals surface area contributed by atoms with Gasteiger partial charge in [0.25, 0.3) is 6.43 Å². The number of rotatable bonds is 4. The lowest BCUT2D eigenvalue weighted by Crippen LogP contribution is -2.21. The van der Waals surface area contributed by atoms with Crippen LogP contribution in [-0.4, -0.2) is 19.8 Å². The highest BCUT2D eigenvalue weighted by Gasteiger charge is 2.35. The molecule has 5 nitrogen and oxygen atoms in total. The highest BCUT2D eigenvalue weighted by atomic mass is 35.5. The first-order valence-electron chi connectivity index (χ1n) is 4.62. The lowest BCUT2D eigenvalue weighted by molar-refractivity contribution is -0.275. The van der Waals surface area contributed by atoms with E-state index in [-0.39, 0.29) is 6.07 Å². The first kappa shape index (κ1) is 16.9. The summed E-state index contributed by atoms with van der Waals surface area (Å²) in [4.78, 5) is 2.15. The van der Waals surface area contributed by atoms with Crippen LogP contribution in [0.15, 0.2) is 11.0 Å². The molecule has 0 saturated carbocycles. The first-order chi connectivity index (χ1) is 8.95. The van der Waals surface area contributed by atoms with Crippen molar-refractivity contribution in [3.63, 3.8) is 0 Å². The lowest BCUT2D eigenvalue weighted by atomic mass is 10.3. The Morgan fingerprint density at radius 1 is 1.40 bits per heavy atom. The predicted molar refractivity (Wildman–Crippen MR) is 56.8 cm³/mol. The smallest absolute Gasteiger partial charge is 0.404 e. The van der Waals surface area contributed by atoms with Gasteiger partial charge in [0.1, 0.15) is 10.6 Å². The van der Waals surface area contributed by atoms with E-state index in [0.29, 0.717) is 0 Å². The van der Waals surface area contributed by atoms with Crippen LogP contribution in [0, 0.1) is 0 Å². The van der Waals surface area contributed by atoms with Gasteiger partial charge < -0.3 is 4.74 Å². The van der Waals surface area contributed by atoms with E-state index < -0.39 is 50.7 Å². The van der Waals surface area contributed by atoms with Crippen LogP contribution >= 0.6 is 11.6 Å². The van der Waals surface area contributed by atoms with E-state index in [9.17, 15) is 30.4 Å². The summed E-state index contributed by atoms with van der Waals surface area (Å²) in [7, 11) is -4.51. The summed E-state index contributed by atoms with van der Waals surface area (Å²) < 4.78 is 87.2. The maximum absolute atomic E-state index is 12.6. The van der Waals surface area contributed by atoms with Gasteiger partial charge in [0, 0.05) is 6.07 Å². The second kappa shape index (κ2) is 5.66. The van der Waals surface area contributed by atoms with Crippen LogP contribution in [0.4, 0.5) is 22.0 Å². The molecule has 1 aromatic heterocycles. The van der Waals surface area contributed by atoms with E-state index >= 15 is 0 Å². The molecule has 114 valence electrons. The van der Waals surface area contributed by atoms with Gasteiger partial charge in [-0.3, -0.25) is 0 Å². The third-order valence-corrected chi connectivity index (χ3v) is 3.14. The van der Waals surface area contributed by atoms with Gasteiger partial charge in [0.05, 0.1) is 11.6 Å². The van der Waals surface area contributed by atoms with Crippen molar-refractivity contribution in [2.75, 3.05) is 0 Å². The first-order valence-corrected chi connectivity index (χ1v) is 6.70. The normalized spacial score (nSPS) is 12.8. The molecule has 0 fully saturated rings. The summed E-state index contributed by atoms with van der Waals surface area (Å²) in [6, 6.07) is 0.217. The Hall–Kier alpha value is -1.20. The van der Waals surface area contributed by atoms with E-state index in [1.807, 2.05) is 0 Å². The molecule has 12 heteroatoms. The van der Waals surface area contributed by atoms with Crippen molar-refractivity contribution in [2.45, 2.75) is 23.6 Å². The van der Waals surface area contributed by atoms with Crippen molar-refractivity contribution in [1.82, 2.24) is 4.98 Å². The zero-order valence-electron chi connectivity index (χ0n) is 9.29. The van der Waals surface area contributed by atoms with Crippen molar-refractivity contribution in [1.29, 1.82) is 0 Å².